The maximum atomic E-state index is 4.35. The summed E-state index contributed by atoms with van der Waals surface area (Å²) >= 11 is 3.61. The average Bonchev–Trinajstić information content (AvgIpc) is 3.74. The molecule has 7 heteroatoms. The Balaban J connectivity index is 0. The molecule has 0 atom stereocenters. The van der Waals surface area contributed by atoms with E-state index in [9.17, 15) is 0 Å². The molecule has 5 nitrogen and oxygen atoms in total. The standard InChI is InChI=1S/C13H17N.C11H17NS.C7H12N2S.C6H9N.2C2H6.CH4/c1-5-12-13(2,3)10-8-6-7-9-11(10)14(12)4;1-8-9(2)11(13-10(8)3)6-7-12(4)5;1-5-6(2)10-7(8-5)9(3)4;1-6-4-3-5-7(6)2;2*1-2;/h5-9H,1-4H3;6-7H,1-5H3;1-4H3;3-5H,1-2H3;2*1-2H3;1H4/b12-5-;;;;;;. The summed E-state index contributed by atoms with van der Waals surface area (Å²) in [7, 11) is 12.3. The molecular formula is C42H71N5S2. The Bertz CT molecular complexity index is 1510. The van der Waals surface area contributed by atoms with Gasteiger partial charge in [-0.1, -0.05) is 73.2 Å². The summed E-state index contributed by atoms with van der Waals surface area (Å²) in [5, 5.41) is 1.09. The van der Waals surface area contributed by atoms with Crippen LogP contribution in [0.25, 0.3) is 6.08 Å². The number of rotatable bonds is 3. The Kier molecular flexibility index (Phi) is 22.6. The number of thiophene rings is 1. The number of aromatic nitrogens is 2. The van der Waals surface area contributed by atoms with Crippen molar-refractivity contribution in [1.82, 2.24) is 14.5 Å². The van der Waals surface area contributed by atoms with Gasteiger partial charge in [0.05, 0.1) is 5.69 Å². The highest BCUT2D eigenvalue weighted by atomic mass is 32.1. The van der Waals surface area contributed by atoms with E-state index < -0.39 is 0 Å². The van der Waals surface area contributed by atoms with Crippen LogP contribution in [-0.2, 0) is 12.5 Å². The number of hydrogen-bond acceptors (Lipinski definition) is 6. The normalized spacial score (nSPS) is 12.7. The zero-order valence-electron chi connectivity index (χ0n) is 33.8. The molecule has 0 saturated heterocycles. The van der Waals surface area contributed by atoms with Crippen molar-refractivity contribution in [2.45, 2.75) is 103 Å². The zero-order valence-corrected chi connectivity index (χ0v) is 35.5. The molecular weight excluding hydrogens is 639 g/mol. The minimum absolute atomic E-state index is 0. The van der Waals surface area contributed by atoms with Gasteiger partial charge >= 0.3 is 0 Å². The smallest absolute Gasteiger partial charge is 0.185 e. The summed E-state index contributed by atoms with van der Waals surface area (Å²) < 4.78 is 2.08. The predicted octanol–water partition coefficient (Wildman–Crippen LogP) is 12.4. The summed E-state index contributed by atoms with van der Waals surface area (Å²) in [6.07, 6.45) is 8.52. The third-order valence-electron chi connectivity index (χ3n) is 8.06. The first-order valence-electron chi connectivity index (χ1n) is 17.1. The molecule has 1 aromatic carbocycles. The second-order valence-corrected chi connectivity index (χ2v) is 14.7. The lowest BCUT2D eigenvalue weighted by molar-refractivity contribution is 0.567. The molecule has 0 radical (unpaired) electrons. The van der Waals surface area contributed by atoms with Gasteiger partial charge in [-0.3, -0.25) is 0 Å². The SMILES string of the molecule is C.C/C=C1\N(C)c2ccccc2C1(C)C.CC.CC.Cc1cccn1C.Cc1nc(N(C)C)sc1C.Cc1sc(C=CN(C)C)c(C)c1C. The van der Waals surface area contributed by atoms with E-state index in [0.717, 1.165) is 10.8 Å². The van der Waals surface area contributed by atoms with E-state index in [-0.39, 0.29) is 12.8 Å². The molecule has 1 aliphatic heterocycles. The van der Waals surface area contributed by atoms with Gasteiger partial charge in [0.25, 0.3) is 0 Å². The Hall–Kier alpha value is -3.29. The van der Waals surface area contributed by atoms with Gasteiger partial charge in [0.15, 0.2) is 5.13 Å². The van der Waals surface area contributed by atoms with Crippen molar-refractivity contribution < 1.29 is 0 Å². The summed E-state index contributed by atoms with van der Waals surface area (Å²) in [5.74, 6) is 0. The molecule has 4 aromatic rings. The average molecular weight is 710 g/mol. The summed E-state index contributed by atoms with van der Waals surface area (Å²) in [4.78, 5) is 14.8. The van der Waals surface area contributed by atoms with Crippen molar-refractivity contribution in [2.75, 3.05) is 45.0 Å². The van der Waals surface area contributed by atoms with Crippen LogP contribution in [-0.4, -0.2) is 49.7 Å². The van der Waals surface area contributed by atoms with Gasteiger partial charge in [-0.15, -0.1) is 22.7 Å². The van der Waals surface area contributed by atoms with E-state index in [1.807, 2.05) is 98.4 Å². The van der Waals surface area contributed by atoms with Gasteiger partial charge in [0, 0.05) is 85.6 Å². The van der Waals surface area contributed by atoms with E-state index in [1.165, 1.54) is 48.4 Å². The molecule has 3 aromatic heterocycles. The lowest BCUT2D eigenvalue weighted by atomic mass is 9.84. The number of allylic oxidation sites excluding steroid dienone is 2. The van der Waals surface area contributed by atoms with Crippen molar-refractivity contribution in [3.05, 3.63) is 103 Å². The zero-order chi connectivity index (χ0) is 37.4. The van der Waals surface area contributed by atoms with Gasteiger partial charge in [0.2, 0.25) is 0 Å². The lowest BCUT2D eigenvalue weighted by Gasteiger charge is -2.23. The first-order valence-corrected chi connectivity index (χ1v) is 18.8. The molecule has 0 fully saturated rings. The largest absolute Gasteiger partial charge is 0.383 e. The van der Waals surface area contributed by atoms with Crippen LogP contribution < -0.4 is 9.80 Å². The Morgan fingerprint density at radius 1 is 0.776 bits per heavy atom. The molecule has 4 heterocycles. The maximum absolute atomic E-state index is 4.35. The third-order valence-corrected chi connectivity index (χ3v) is 10.6. The van der Waals surface area contributed by atoms with E-state index in [1.54, 1.807) is 11.3 Å². The fraction of sp³-hybridized carbons (Fsp3) is 0.500. The number of hydrogen-bond donors (Lipinski definition) is 0. The van der Waals surface area contributed by atoms with Crippen LogP contribution in [0.5, 0.6) is 0 Å². The molecule has 0 saturated carbocycles. The van der Waals surface area contributed by atoms with E-state index >= 15 is 0 Å². The minimum atomic E-state index is 0. The number of thiazole rings is 1. The van der Waals surface area contributed by atoms with Crippen LogP contribution in [0.2, 0.25) is 0 Å². The fourth-order valence-corrected chi connectivity index (χ4v) is 6.78. The highest BCUT2D eigenvalue weighted by Crippen LogP contribution is 2.46. The van der Waals surface area contributed by atoms with Crippen LogP contribution in [0.15, 0.2) is 60.6 Å². The van der Waals surface area contributed by atoms with Gasteiger partial charge in [-0.2, -0.15) is 0 Å². The Morgan fingerprint density at radius 2 is 1.35 bits per heavy atom. The molecule has 0 N–H and O–H groups in total. The molecule has 49 heavy (non-hydrogen) atoms. The second-order valence-electron chi connectivity index (χ2n) is 12.2. The Labute approximate surface area is 311 Å². The van der Waals surface area contributed by atoms with Crippen molar-refractivity contribution >= 4 is 39.6 Å². The number of benzene rings is 1. The van der Waals surface area contributed by atoms with Gasteiger partial charge < -0.3 is 19.3 Å². The molecule has 276 valence electrons. The van der Waals surface area contributed by atoms with Crippen molar-refractivity contribution in [3.63, 3.8) is 0 Å². The molecule has 0 aliphatic carbocycles. The van der Waals surface area contributed by atoms with Crippen molar-refractivity contribution in [3.8, 4) is 0 Å². The number of para-hydroxylation sites is 1. The number of nitrogens with zero attached hydrogens (tertiary/aromatic N) is 5. The van der Waals surface area contributed by atoms with Gasteiger partial charge in [0.1, 0.15) is 0 Å². The highest BCUT2D eigenvalue weighted by Gasteiger charge is 2.37. The van der Waals surface area contributed by atoms with E-state index in [4.69, 9.17) is 0 Å². The maximum Gasteiger partial charge on any atom is 0.185 e. The molecule has 0 bridgehead atoms. The third kappa shape index (κ3) is 13.9. The second kappa shape index (κ2) is 23.2. The van der Waals surface area contributed by atoms with Crippen LogP contribution in [0.1, 0.15) is 98.6 Å². The van der Waals surface area contributed by atoms with E-state index in [2.05, 4.69) is 130 Å². The fourth-order valence-electron chi connectivity index (χ4n) is 4.87. The number of anilines is 2. The summed E-state index contributed by atoms with van der Waals surface area (Å²) in [6, 6.07) is 12.8. The minimum Gasteiger partial charge on any atom is -0.383 e. The predicted molar refractivity (Wildman–Crippen MR) is 228 cm³/mol. The highest BCUT2D eigenvalue weighted by molar-refractivity contribution is 7.15. The topological polar surface area (TPSA) is 27.5 Å². The summed E-state index contributed by atoms with van der Waals surface area (Å²) in [6.45, 7) is 27.5. The quantitative estimate of drug-likeness (QED) is 0.212. The van der Waals surface area contributed by atoms with Crippen LogP contribution in [0.4, 0.5) is 10.8 Å². The monoisotopic (exact) mass is 710 g/mol. The number of aryl methyl sites for hydroxylation is 5. The number of fused-ring (bicyclic) bond motifs is 1. The van der Waals surface area contributed by atoms with E-state index in [0.29, 0.717) is 0 Å². The molecule has 5 rings (SSSR count). The summed E-state index contributed by atoms with van der Waals surface area (Å²) in [5.41, 5.74) is 9.61. The Morgan fingerprint density at radius 3 is 1.67 bits per heavy atom. The lowest BCUT2D eigenvalue weighted by Crippen LogP contribution is -2.22. The molecule has 0 amide bonds. The number of likely N-dealkylation sites (N-methyl/N-ethyl adjacent to an activating group) is 1. The first kappa shape index (κ1) is 47.8. The first-order chi connectivity index (χ1) is 22.5. The molecule has 0 spiro atoms. The van der Waals surface area contributed by atoms with Crippen LogP contribution in [0, 0.1) is 41.5 Å². The molecule has 1 aliphatic rings. The van der Waals surface area contributed by atoms with Crippen LogP contribution >= 0.6 is 22.7 Å². The van der Waals surface area contributed by atoms with Gasteiger partial charge in [-0.25, -0.2) is 4.98 Å². The molecule has 0 unspecified atom stereocenters. The van der Waals surface area contributed by atoms with Crippen molar-refractivity contribution in [1.29, 1.82) is 0 Å². The van der Waals surface area contributed by atoms with Crippen molar-refractivity contribution in [2.24, 2.45) is 7.05 Å². The van der Waals surface area contributed by atoms with Crippen LogP contribution in [0.3, 0.4) is 0 Å². The van der Waals surface area contributed by atoms with Gasteiger partial charge in [-0.05, 0) is 95.6 Å².